The third-order valence-electron chi connectivity index (χ3n) is 3.07. The second kappa shape index (κ2) is 6.34. The van der Waals surface area contributed by atoms with Crippen molar-refractivity contribution in [3.8, 4) is 11.5 Å². The molecule has 0 atom stereocenters. The molecule has 1 N–H and O–H groups in total. The average Bonchev–Trinajstić information content (AvgIpc) is 2.73. The lowest BCUT2D eigenvalue weighted by Crippen LogP contribution is -2.14. The van der Waals surface area contributed by atoms with Crippen molar-refractivity contribution in [3.63, 3.8) is 0 Å². The number of benzene rings is 1. The molecule has 0 unspecified atom stereocenters. The Kier molecular flexibility index (Phi) is 4.08. The van der Waals surface area contributed by atoms with Crippen LogP contribution in [0.2, 0.25) is 0 Å². The van der Waals surface area contributed by atoms with Crippen molar-refractivity contribution in [2.24, 2.45) is 0 Å². The van der Waals surface area contributed by atoms with Crippen LogP contribution in [0.4, 0.5) is 0 Å². The van der Waals surface area contributed by atoms with Crippen molar-refractivity contribution in [2.75, 3.05) is 13.2 Å². The molecule has 2 aromatic rings. The quantitative estimate of drug-likeness (QED) is 0.920. The third kappa shape index (κ3) is 3.24. The van der Waals surface area contributed by atoms with Crippen molar-refractivity contribution in [1.29, 1.82) is 0 Å². The number of ether oxygens (including phenoxy) is 2. The molecule has 2 heterocycles. The minimum atomic E-state index is 0.697. The van der Waals surface area contributed by atoms with Gasteiger partial charge in [0.2, 0.25) is 0 Å². The van der Waals surface area contributed by atoms with Gasteiger partial charge in [-0.1, -0.05) is 6.07 Å². The maximum absolute atomic E-state index is 5.68. The van der Waals surface area contributed by atoms with Crippen LogP contribution in [0.25, 0.3) is 0 Å². The molecule has 0 amide bonds. The highest BCUT2D eigenvalue weighted by Crippen LogP contribution is 2.30. The molecule has 0 fully saturated rings. The van der Waals surface area contributed by atoms with Gasteiger partial charge in [0.15, 0.2) is 11.5 Å². The fraction of sp³-hybridized carbons (Fsp3) is 0.333. The Hall–Kier alpha value is -2.14. The molecule has 104 valence electrons. The zero-order chi connectivity index (χ0) is 13.6. The number of hydrogen-bond acceptors (Lipinski definition) is 5. The number of aromatic nitrogens is 2. The molecule has 0 saturated carbocycles. The Bertz CT molecular complexity index is 560. The summed E-state index contributed by atoms with van der Waals surface area (Å²) in [6.45, 7) is 2.89. The van der Waals surface area contributed by atoms with Gasteiger partial charge in [-0.05, 0) is 29.8 Å². The van der Waals surface area contributed by atoms with Gasteiger partial charge >= 0.3 is 0 Å². The molecular formula is C15H17N3O2. The van der Waals surface area contributed by atoms with Crippen molar-refractivity contribution in [1.82, 2.24) is 15.5 Å². The van der Waals surface area contributed by atoms with Gasteiger partial charge in [0.05, 0.1) is 18.9 Å². The maximum atomic E-state index is 5.68. The van der Waals surface area contributed by atoms with E-state index in [-0.39, 0.29) is 0 Å². The average molecular weight is 271 g/mol. The second-order valence-electron chi connectivity index (χ2n) is 4.65. The standard InChI is InChI=1S/C15H17N3O2/c1-3-13(18-17-6-1)11-16-10-12-4-5-14-15(9-12)20-8-2-7-19-14/h1,3-6,9,16H,2,7-8,10-11H2. The molecule has 0 radical (unpaired) electrons. The smallest absolute Gasteiger partial charge is 0.161 e. The fourth-order valence-corrected chi connectivity index (χ4v) is 2.08. The molecule has 1 aliphatic heterocycles. The largest absolute Gasteiger partial charge is 0.490 e. The van der Waals surface area contributed by atoms with Crippen LogP contribution in [0.5, 0.6) is 11.5 Å². The minimum absolute atomic E-state index is 0.697. The third-order valence-corrected chi connectivity index (χ3v) is 3.07. The van der Waals surface area contributed by atoms with Gasteiger partial charge in [0.25, 0.3) is 0 Å². The first-order valence-electron chi connectivity index (χ1n) is 6.77. The van der Waals surface area contributed by atoms with Crippen molar-refractivity contribution in [2.45, 2.75) is 19.5 Å². The summed E-state index contributed by atoms with van der Waals surface area (Å²) in [5, 5.41) is 11.2. The molecule has 3 rings (SSSR count). The lowest BCUT2D eigenvalue weighted by molar-refractivity contribution is 0.297. The van der Waals surface area contributed by atoms with E-state index < -0.39 is 0 Å². The number of hydrogen-bond donors (Lipinski definition) is 1. The Morgan fingerprint density at radius 2 is 1.95 bits per heavy atom. The molecule has 0 saturated heterocycles. The summed E-state index contributed by atoms with van der Waals surface area (Å²) in [4.78, 5) is 0. The topological polar surface area (TPSA) is 56.3 Å². The van der Waals surface area contributed by atoms with E-state index in [1.807, 2.05) is 24.3 Å². The Labute approximate surface area is 117 Å². The van der Waals surface area contributed by atoms with Gasteiger partial charge in [-0.2, -0.15) is 10.2 Å². The maximum Gasteiger partial charge on any atom is 0.161 e. The summed E-state index contributed by atoms with van der Waals surface area (Å²) in [5.41, 5.74) is 2.10. The van der Waals surface area contributed by atoms with E-state index in [0.29, 0.717) is 13.2 Å². The lowest BCUT2D eigenvalue weighted by Gasteiger charge is -2.10. The summed E-state index contributed by atoms with van der Waals surface area (Å²) >= 11 is 0. The minimum Gasteiger partial charge on any atom is -0.490 e. The van der Waals surface area contributed by atoms with E-state index in [4.69, 9.17) is 9.47 Å². The van der Waals surface area contributed by atoms with Crippen LogP contribution in [0.3, 0.4) is 0 Å². The van der Waals surface area contributed by atoms with Crippen molar-refractivity contribution in [3.05, 3.63) is 47.8 Å². The zero-order valence-corrected chi connectivity index (χ0v) is 11.2. The van der Waals surface area contributed by atoms with E-state index in [1.54, 1.807) is 6.20 Å². The van der Waals surface area contributed by atoms with Crippen LogP contribution in [0.1, 0.15) is 17.7 Å². The number of nitrogens with zero attached hydrogens (tertiary/aromatic N) is 2. The van der Waals surface area contributed by atoms with Crippen LogP contribution in [-0.2, 0) is 13.1 Å². The number of nitrogens with one attached hydrogen (secondary N) is 1. The zero-order valence-electron chi connectivity index (χ0n) is 11.2. The van der Waals surface area contributed by atoms with Crippen molar-refractivity contribution >= 4 is 0 Å². The molecule has 20 heavy (non-hydrogen) atoms. The number of fused-ring (bicyclic) bond motifs is 1. The summed E-state index contributed by atoms with van der Waals surface area (Å²) in [5.74, 6) is 1.67. The predicted octanol–water partition coefficient (Wildman–Crippen LogP) is 1.93. The molecule has 0 bridgehead atoms. The highest BCUT2D eigenvalue weighted by atomic mass is 16.5. The molecule has 5 heteroatoms. The normalized spacial score (nSPS) is 13.8. The van der Waals surface area contributed by atoms with E-state index in [0.717, 1.165) is 42.3 Å². The van der Waals surface area contributed by atoms with Gasteiger partial charge in [0, 0.05) is 25.7 Å². The van der Waals surface area contributed by atoms with Crippen LogP contribution in [-0.4, -0.2) is 23.4 Å². The highest BCUT2D eigenvalue weighted by Gasteiger charge is 2.10. The molecule has 1 aromatic carbocycles. The molecular weight excluding hydrogens is 254 g/mol. The van der Waals surface area contributed by atoms with Gasteiger partial charge in [0.1, 0.15) is 0 Å². The predicted molar refractivity (Wildman–Crippen MR) is 74.6 cm³/mol. The monoisotopic (exact) mass is 271 g/mol. The van der Waals surface area contributed by atoms with Gasteiger partial charge < -0.3 is 14.8 Å². The Morgan fingerprint density at radius 1 is 1.05 bits per heavy atom. The van der Waals surface area contributed by atoms with Gasteiger partial charge in [-0.25, -0.2) is 0 Å². The van der Waals surface area contributed by atoms with E-state index in [9.17, 15) is 0 Å². The summed E-state index contributed by atoms with van der Waals surface area (Å²) in [7, 11) is 0. The summed E-state index contributed by atoms with van der Waals surface area (Å²) in [6, 6.07) is 9.90. The van der Waals surface area contributed by atoms with Crippen LogP contribution >= 0.6 is 0 Å². The van der Waals surface area contributed by atoms with Crippen LogP contribution in [0, 0.1) is 0 Å². The SMILES string of the molecule is c1cnnc(CNCc2ccc3c(c2)OCCCO3)c1. The first kappa shape index (κ1) is 12.9. The first-order chi connectivity index (χ1) is 9.92. The van der Waals surface area contributed by atoms with E-state index >= 15 is 0 Å². The Balaban J connectivity index is 1.59. The van der Waals surface area contributed by atoms with Crippen LogP contribution < -0.4 is 14.8 Å². The van der Waals surface area contributed by atoms with Gasteiger partial charge in [-0.15, -0.1) is 0 Å². The van der Waals surface area contributed by atoms with E-state index in [2.05, 4.69) is 21.6 Å². The van der Waals surface area contributed by atoms with Crippen molar-refractivity contribution < 1.29 is 9.47 Å². The van der Waals surface area contributed by atoms with Crippen LogP contribution in [0.15, 0.2) is 36.5 Å². The molecule has 1 aromatic heterocycles. The summed E-state index contributed by atoms with van der Waals surface area (Å²) < 4.78 is 11.3. The first-order valence-corrected chi connectivity index (χ1v) is 6.77. The summed E-state index contributed by atoms with van der Waals surface area (Å²) in [6.07, 6.45) is 2.60. The lowest BCUT2D eigenvalue weighted by atomic mass is 10.2. The molecule has 1 aliphatic rings. The fourth-order valence-electron chi connectivity index (χ4n) is 2.08. The molecule has 5 nitrogen and oxygen atoms in total. The van der Waals surface area contributed by atoms with Gasteiger partial charge in [-0.3, -0.25) is 0 Å². The second-order valence-corrected chi connectivity index (χ2v) is 4.65. The van der Waals surface area contributed by atoms with E-state index in [1.165, 1.54) is 0 Å². The molecule has 0 spiro atoms. The number of rotatable bonds is 4. The highest BCUT2D eigenvalue weighted by molar-refractivity contribution is 5.43. The Morgan fingerprint density at radius 3 is 2.80 bits per heavy atom. The molecule has 0 aliphatic carbocycles.